The van der Waals surface area contributed by atoms with Crippen molar-refractivity contribution in [1.29, 1.82) is 0 Å². The number of rotatable bonds is 7. The number of carbonyl (C=O) groups is 2. The minimum atomic E-state index is -4.90. The van der Waals surface area contributed by atoms with Crippen molar-refractivity contribution in [3.05, 3.63) is 111 Å². The van der Waals surface area contributed by atoms with Gasteiger partial charge in [-0.25, -0.2) is 13.6 Å². The average molecular weight is 722 g/mol. The summed E-state index contributed by atoms with van der Waals surface area (Å²) in [5.41, 5.74) is -4.22. The molecule has 1 aliphatic rings. The largest absolute Gasteiger partial charge is 0.480 e. The summed E-state index contributed by atoms with van der Waals surface area (Å²) in [5, 5.41) is 12.7. The maximum atomic E-state index is 15.5. The molecule has 1 atom stereocenters. The van der Waals surface area contributed by atoms with Crippen LogP contribution in [0.3, 0.4) is 0 Å². The van der Waals surface area contributed by atoms with E-state index in [0.29, 0.717) is 24.0 Å². The van der Waals surface area contributed by atoms with E-state index in [9.17, 15) is 32.7 Å². The number of para-hydroxylation sites is 1. The van der Waals surface area contributed by atoms with Gasteiger partial charge in [-0.15, -0.1) is 0 Å². The maximum Gasteiger partial charge on any atom is 0.417 e. The first-order valence-electron chi connectivity index (χ1n) is 16.5. The molecule has 0 aliphatic carbocycles. The molecule has 0 radical (unpaired) electrons. The average Bonchev–Trinajstić information content (AvgIpc) is 3.03. The van der Waals surface area contributed by atoms with Crippen LogP contribution in [-0.4, -0.2) is 51.9 Å². The lowest BCUT2D eigenvalue weighted by Gasteiger charge is -2.48. The number of nitrogens with one attached hydrogen (secondary N) is 1. The summed E-state index contributed by atoms with van der Waals surface area (Å²) in [7, 11) is 1.38. The van der Waals surface area contributed by atoms with Gasteiger partial charge in [-0.3, -0.25) is 9.59 Å². The summed E-state index contributed by atoms with van der Waals surface area (Å²) in [5.74, 6) is -5.19. The van der Waals surface area contributed by atoms with Crippen LogP contribution in [0.5, 0.6) is 0 Å². The van der Waals surface area contributed by atoms with Gasteiger partial charge in [-0.05, 0) is 67.8 Å². The number of nitrogens with zero attached hydrogens (tertiary/aromatic N) is 2. The standard InChI is InChI=1S/C39H36F5N3O5/c1-37(2)19-47(20-38(3,4)52-37)22-17-27(40)32(28(41)18-22)34(48)45-29(36(50)51)16-21-10-8-13-24-23(21)12-9-14-25(24)31-33(39(42,43)44)26-11-6-7-15-30(26)46(5)35(31)49/h6-15,17-18,29H,16,19-20H2,1-5H3,(H,45,48)(H,50,51)/t29-/m0/s1. The molecule has 13 heteroatoms. The molecule has 5 aromatic rings. The van der Waals surface area contributed by atoms with E-state index in [-0.39, 0.29) is 27.5 Å². The Morgan fingerprint density at radius 3 is 2.08 bits per heavy atom. The number of carbonyl (C=O) groups excluding carboxylic acids is 1. The van der Waals surface area contributed by atoms with Crippen LogP contribution in [0.4, 0.5) is 27.6 Å². The molecule has 0 saturated carbocycles. The predicted octanol–water partition coefficient (Wildman–Crippen LogP) is 7.48. The van der Waals surface area contributed by atoms with Crippen molar-refractivity contribution >= 4 is 39.2 Å². The number of morpholine rings is 1. The number of alkyl halides is 3. The van der Waals surface area contributed by atoms with Crippen LogP contribution in [0.1, 0.15) is 49.2 Å². The Kier molecular flexibility index (Phi) is 9.15. The summed E-state index contributed by atoms with van der Waals surface area (Å²) in [6.07, 6.45) is -5.30. The number of benzene rings is 4. The first kappa shape index (κ1) is 36.5. The van der Waals surface area contributed by atoms with Crippen LogP contribution in [0, 0.1) is 11.6 Å². The Hall–Kier alpha value is -5.30. The van der Waals surface area contributed by atoms with Gasteiger partial charge in [0.05, 0.1) is 27.8 Å². The summed E-state index contributed by atoms with van der Waals surface area (Å²) in [6, 6.07) is 15.0. The van der Waals surface area contributed by atoms with Crippen LogP contribution in [0.15, 0.2) is 77.6 Å². The summed E-state index contributed by atoms with van der Waals surface area (Å²) in [4.78, 5) is 41.0. The van der Waals surface area contributed by atoms with E-state index in [0.717, 1.165) is 16.7 Å². The Balaban J connectivity index is 1.35. The van der Waals surface area contributed by atoms with Crippen molar-refractivity contribution in [1.82, 2.24) is 9.88 Å². The van der Waals surface area contributed by atoms with Gasteiger partial charge in [0.1, 0.15) is 23.2 Å². The van der Waals surface area contributed by atoms with Gasteiger partial charge in [0.2, 0.25) is 0 Å². The lowest BCUT2D eigenvalue weighted by atomic mass is 9.90. The topological polar surface area (TPSA) is 101 Å². The van der Waals surface area contributed by atoms with E-state index in [1.165, 1.54) is 61.6 Å². The number of carboxylic acid groups (broad SMARTS) is 1. The minimum Gasteiger partial charge on any atom is -0.480 e. The van der Waals surface area contributed by atoms with Crippen molar-refractivity contribution in [2.45, 2.75) is 57.5 Å². The number of aromatic nitrogens is 1. The summed E-state index contributed by atoms with van der Waals surface area (Å²) in [6.45, 7) is 8.04. The molecule has 4 aromatic carbocycles. The number of hydrogen-bond donors (Lipinski definition) is 2. The number of aryl methyl sites for hydroxylation is 1. The van der Waals surface area contributed by atoms with Crippen molar-refractivity contribution in [2.24, 2.45) is 7.05 Å². The van der Waals surface area contributed by atoms with Crippen LogP contribution in [0.2, 0.25) is 0 Å². The number of aliphatic carboxylic acids is 1. The van der Waals surface area contributed by atoms with Gasteiger partial charge < -0.3 is 24.6 Å². The fraction of sp³-hybridized carbons (Fsp3) is 0.308. The van der Waals surface area contributed by atoms with Crippen molar-refractivity contribution in [2.75, 3.05) is 18.0 Å². The molecule has 0 unspecified atom stereocenters. The van der Waals surface area contributed by atoms with Gasteiger partial charge in [0.15, 0.2) is 0 Å². The first-order chi connectivity index (χ1) is 24.3. The third-order valence-corrected chi connectivity index (χ3v) is 9.21. The van der Waals surface area contributed by atoms with Crippen LogP contribution < -0.4 is 15.8 Å². The Morgan fingerprint density at radius 2 is 1.46 bits per heavy atom. The normalized spacial score (nSPS) is 16.2. The zero-order valence-corrected chi connectivity index (χ0v) is 29.0. The molecule has 1 fully saturated rings. The second kappa shape index (κ2) is 13.0. The van der Waals surface area contributed by atoms with E-state index in [1.807, 2.05) is 27.7 Å². The Bertz CT molecular complexity index is 2280. The molecule has 1 aliphatic heterocycles. The van der Waals surface area contributed by atoms with Crippen molar-refractivity contribution in [3.8, 4) is 11.1 Å². The van der Waals surface area contributed by atoms with Gasteiger partial charge in [-0.1, -0.05) is 54.6 Å². The fourth-order valence-electron chi connectivity index (χ4n) is 7.39. The fourth-order valence-corrected chi connectivity index (χ4v) is 7.39. The molecule has 6 rings (SSSR count). The molecule has 272 valence electrons. The molecular weight excluding hydrogens is 685 g/mol. The van der Waals surface area contributed by atoms with Crippen molar-refractivity contribution < 1.29 is 41.4 Å². The van der Waals surface area contributed by atoms with Gasteiger partial charge in [-0.2, -0.15) is 13.2 Å². The number of fused-ring (bicyclic) bond motifs is 2. The maximum absolute atomic E-state index is 15.5. The second-order valence-electron chi connectivity index (χ2n) is 14.3. The lowest BCUT2D eigenvalue weighted by molar-refractivity contribution is -0.139. The molecule has 52 heavy (non-hydrogen) atoms. The number of halogens is 5. The molecular formula is C39H36F5N3O5. The number of amides is 1. The zero-order chi connectivity index (χ0) is 37.9. The van der Waals surface area contributed by atoms with Crippen LogP contribution in [-0.2, 0) is 29.2 Å². The zero-order valence-electron chi connectivity index (χ0n) is 29.0. The predicted molar refractivity (Wildman–Crippen MR) is 188 cm³/mol. The van der Waals surface area contributed by atoms with Gasteiger partial charge >= 0.3 is 12.1 Å². The SMILES string of the molecule is Cn1c(=O)c(-c2cccc3c(C[C@H](NC(=O)c4c(F)cc(N5CC(C)(C)OC(C)(C)C5)cc4F)C(=O)O)cccc23)c(C(F)(F)F)c2ccccc21. The third kappa shape index (κ3) is 6.84. The second-order valence-corrected chi connectivity index (χ2v) is 14.3. The highest BCUT2D eigenvalue weighted by molar-refractivity contribution is 6.02. The highest BCUT2D eigenvalue weighted by Crippen LogP contribution is 2.42. The Morgan fingerprint density at radius 1 is 0.885 bits per heavy atom. The number of carboxylic acids is 1. The monoisotopic (exact) mass is 721 g/mol. The molecule has 1 aromatic heterocycles. The van der Waals surface area contributed by atoms with Crippen molar-refractivity contribution in [3.63, 3.8) is 0 Å². The highest BCUT2D eigenvalue weighted by Gasteiger charge is 2.40. The van der Waals surface area contributed by atoms with Gasteiger partial charge in [0.25, 0.3) is 11.5 Å². The number of ether oxygens (including phenoxy) is 1. The number of pyridine rings is 1. The van der Waals surface area contributed by atoms with E-state index >= 15 is 8.78 Å². The van der Waals surface area contributed by atoms with Crippen LogP contribution in [0.25, 0.3) is 32.8 Å². The summed E-state index contributed by atoms with van der Waals surface area (Å²) >= 11 is 0. The third-order valence-electron chi connectivity index (χ3n) is 9.21. The molecule has 8 nitrogen and oxygen atoms in total. The quantitative estimate of drug-likeness (QED) is 0.169. The van der Waals surface area contributed by atoms with E-state index in [4.69, 9.17) is 4.74 Å². The van der Waals surface area contributed by atoms with E-state index in [2.05, 4.69) is 5.32 Å². The minimum absolute atomic E-state index is 0.0230. The van der Waals surface area contributed by atoms with E-state index < -0.39 is 75.6 Å². The molecule has 0 bridgehead atoms. The van der Waals surface area contributed by atoms with Crippen LogP contribution >= 0.6 is 0 Å². The number of hydrogen-bond acceptors (Lipinski definition) is 5. The molecule has 1 saturated heterocycles. The van der Waals surface area contributed by atoms with E-state index in [1.54, 1.807) is 11.0 Å². The molecule has 2 N–H and O–H groups in total. The molecule has 2 heterocycles. The summed E-state index contributed by atoms with van der Waals surface area (Å²) < 4.78 is 82.2. The first-order valence-corrected chi connectivity index (χ1v) is 16.5. The smallest absolute Gasteiger partial charge is 0.417 e. The highest BCUT2D eigenvalue weighted by atomic mass is 19.4. The molecule has 0 spiro atoms. The lowest BCUT2D eigenvalue weighted by Crippen LogP contribution is -2.57. The molecule has 1 amide bonds. The number of anilines is 1. The Labute approximate surface area is 295 Å². The van der Waals surface area contributed by atoms with Gasteiger partial charge in [0, 0.05) is 37.6 Å².